The highest BCUT2D eigenvalue weighted by atomic mass is 16.5. The first-order chi connectivity index (χ1) is 9.54. The van der Waals surface area contributed by atoms with Crippen molar-refractivity contribution in [3.05, 3.63) is 0 Å². The third kappa shape index (κ3) is 5.93. The van der Waals surface area contributed by atoms with Gasteiger partial charge in [-0.2, -0.15) is 0 Å². The molecule has 116 valence electrons. The van der Waals surface area contributed by atoms with Crippen LogP contribution in [0.2, 0.25) is 0 Å². The van der Waals surface area contributed by atoms with Gasteiger partial charge < -0.3 is 9.64 Å². The summed E-state index contributed by atoms with van der Waals surface area (Å²) in [7, 11) is 0. The van der Waals surface area contributed by atoms with E-state index in [0.29, 0.717) is 18.9 Å². The van der Waals surface area contributed by atoms with E-state index in [1.54, 1.807) is 11.8 Å². The lowest BCUT2D eigenvalue weighted by Gasteiger charge is -2.27. The Morgan fingerprint density at radius 1 is 1.15 bits per heavy atom. The van der Waals surface area contributed by atoms with Gasteiger partial charge in [-0.05, 0) is 39.5 Å². The zero-order valence-electron chi connectivity index (χ0n) is 13.2. The molecule has 0 saturated heterocycles. The fraction of sp³-hybridized carbons (Fsp3) is 0.875. The lowest BCUT2D eigenvalue weighted by Crippen LogP contribution is -2.41. The largest absolute Gasteiger partial charge is 0.465 e. The second-order valence-electron chi connectivity index (χ2n) is 5.98. The molecular weight excluding hydrogens is 254 g/mol. The highest BCUT2D eigenvalue weighted by molar-refractivity contribution is 5.82. The normalized spacial score (nSPS) is 16.8. The first-order valence-corrected chi connectivity index (χ1v) is 7.99. The maximum Gasteiger partial charge on any atom is 0.325 e. The van der Waals surface area contributed by atoms with Crippen LogP contribution in [0, 0.1) is 5.92 Å². The van der Waals surface area contributed by atoms with E-state index in [0.717, 1.165) is 12.8 Å². The highest BCUT2D eigenvalue weighted by Crippen LogP contribution is 2.26. The summed E-state index contributed by atoms with van der Waals surface area (Å²) in [4.78, 5) is 25.7. The molecule has 1 aliphatic carbocycles. The van der Waals surface area contributed by atoms with E-state index in [9.17, 15) is 9.59 Å². The molecular formula is C16H29NO3. The van der Waals surface area contributed by atoms with E-state index in [2.05, 4.69) is 0 Å². The van der Waals surface area contributed by atoms with Gasteiger partial charge in [0.1, 0.15) is 6.54 Å². The number of carbonyl (C=O) groups is 2. The summed E-state index contributed by atoms with van der Waals surface area (Å²) in [5.41, 5.74) is 0. The summed E-state index contributed by atoms with van der Waals surface area (Å²) in [6.45, 7) is 6.12. The third-order valence-electron chi connectivity index (χ3n) is 3.99. The molecule has 0 bridgehead atoms. The smallest absolute Gasteiger partial charge is 0.325 e. The Labute approximate surface area is 122 Å². The molecule has 0 aromatic rings. The molecule has 20 heavy (non-hydrogen) atoms. The summed E-state index contributed by atoms with van der Waals surface area (Å²) in [5, 5.41) is 0. The molecule has 4 heteroatoms. The molecule has 0 spiro atoms. The van der Waals surface area contributed by atoms with Crippen LogP contribution in [0.4, 0.5) is 0 Å². The van der Waals surface area contributed by atoms with Gasteiger partial charge in [-0.1, -0.05) is 25.7 Å². The number of hydrogen-bond donors (Lipinski definition) is 0. The van der Waals surface area contributed by atoms with Crippen molar-refractivity contribution in [3.8, 4) is 0 Å². The van der Waals surface area contributed by atoms with Crippen LogP contribution in [0.3, 0.4) is 0 Å². The molecule has 1 aliphatic rings. The highest BCUT2D eigenvalue weighted by Gasteiger charge is 2.24. The molecule has 1 rings (SSSR count). The number of hydrogen-bond acceptors (Lipinski definition) is 3. The van der Waals surface area contributed by atoms with Crippen molar-refractivity contribution in [1.29, 1.82) is 0 Å². The van der Waals surface area contributed by atoms with E-state index in [1.807, 2.05) is 13.8 Å². The molecule has 0 aliphatic heterocycles. The minimum absolute atomic E-state index is 0.0395. The number of esters is 1. The Kier molecular flexibility index (Phi) is 7.63. The molecule has 1 fully saturated rings. The molecule has 0 N–H and O–H groups in total. The minimum Gasteiger partial charge on any atom is -0.465 e. The van der Waals surface area contributed by atoms with Gasteiger partial charge >= 0.3 is 5.97 Å². The SMILES string of the molecule is CCOC(=O)CN(C(=O)CC1CCCCCC1)C(C)C. The zero-order valence-corrected chi connectivity index (χ0v) is 13.2. The molecule has 0 heterocycles. The van der Waals surface area contributed by atoms with Crippen molar-refractivity contribution in [2.45, 2.75) is 71.8 Å². The zero-order chi connectivity index (χ0) is 15.0. The Morgan fingerprint density at radius 2 is 1.75 bits per heavy atom. The summed E-state index contributed by atoms with van der Waals surface area (Å²) in [6.07, 6.45) is 7.93. The fourth-order valence-corrected chi connectivity index (χ4v) is 2.84. The van der Waals surface area contributed by atoms with Crippen LogP contribution in [-0.2, 0) is 14.3 Å². The van der Waals surface area contributed by atoms with Crippen LogP contribution in [0.25, 0.3) is 0 Å². The molecule has 4 nitrogen and oxygen atoms in total. The van der Waals surface area contributed by atoms with E-state index < -0.39 is 0 Å². The maximum atomic E-state index is 12.4. The molecule has 0 aromatic heterocycles. The Morgan fingerprint density at radius 3 is 2.25 bits per heavy atom. The third-order valence-corrected chi connectivity index (χ3v) is 3.99. The van der Waals surface area contributed by atoms with Crippen molar-refractivity contribution in [3.63, 3.8) is 0 Å². The van der Waals surface area contributed by atoms with Gasteiger partial charge in [0.2, 0.25) is 5.91 Å². The van der Waals surface area contributed by atoms with E-state index in [-0.39, 0.29) is 24.5 Å². The van der Waals surface area contributed by atoms with Crippen LogP contribution in [0.5, 0.6) is 0 Å². The summed E-state index contributed by atoms with van der Waals surface area (Å²) in [5.74, 6) is 0.281. The van der Waals surface area contributed by atoms with Gasteiger partial charge in [0.25, 0.3) is 0 Å². The monoisotopic (exact) mass is 283 g/mol. The fourth-order valence-electron chi connectivity index (χ4n) is 2.84. The van der Waals surface area contributed by atoms with Crippen molar-refractivity contribution < 1.29 is 14.3 Å². The molecule has 0 aromatic carbocycles. The van der Waals surface area contributed by atoms with Gasteiger partial charge in [-0.3, -0.25) is 9.59 Å². The molecule has 0 radical (unpaired) electrons. The molecule has 0 atom stereocenters. The minimum atomic E-state index is -0.310. The van der Waals surface area contributed by atoms with Crippen LogP contribution >= 0.6 is 0 Å². The average Bonchev–Trinajstić information content (AvgIpc) is 2.64. The lowest BCUT2D eigenvalue weighted by atomic mass is 9.96. The quantitative estimate of drug-likeness (QED) is 0.555. The van der Waals surface area contributed by atoms with E-state index in [1.165, 1.54) is 25.7 Å². The second kappa shape index (κ2) is 8.98. The summed E-state index contributed by atoms with van der Waals surface area (Å²) >= 11 is 0. The molecule has 1 saturated carbocycles. The van der Waals surface area contributed by atoms with Crippen molar-refractivity contribution in [2.75, 3.05) is 13.2 Å². The molecule has 1 amide bonds. The summed E-state index contributed by atoms with van der Waals surface area (Å²) in [6, 6.07) is 0.0395. The number of nitrogens with zero attached hydrogens (tertiary/aromatic N) is 1. The van der Waals surface area contributed by atoms with Crippen LogP contribution < -0.4 is 0 Å². The Hall–Kier alpha value is -1.06. The van der Waals surface area contributed by atoms with Crippen LogP contribution in [0.15, 0.2) is 0 Å². The van der Waals surface area contributed by atoms with E-state index >= 15 is 0 Å². The maximum absolute atomic E-state index is 12.4. The number of ether oxygens (including phenoxy) is 1. The van der Waals surface area contributed by atoms with Gasteiger partial charge in [-0.15, -0.1) is 0 Å². The second-order valence-corrected chi connectivity index (χ2v) is 5.98. The van der Waals surface area contributed by atoms with Gasteiger partial charge in [0.05, 0.1) is 6.61 Å². The lowest BCUT2D eigenvalue weighted by molar-refractivity contribution is -0.150. The van der Waals surface area contributed by atoms with Gasteiger partial charge in [0, 0.05) is 12.5 Å². The topological polar surface area (TPSA) is 46.6 Å². The van der Waals surface area contributed by atoms with Gasteiger partial charge in [-0.25, -0.2) is 0 Å². The van der Waals surface area contributed by atoms with Crippen LogP contribution in [0.1, 0.15) is 65.7 Å². The average molecular weight is 283 g/mol. The predicted octanol–water partition coefficient (Wildman–Crippen LogP) is 3.15. The predicted molar refractivity (Wildman–Crippen MR) is 79.3 cm³/mol. The van der Waals surface area contributed by atoms with Crippen LogP contribution in [-0.4, -0.2) is 36.0 Å². The first kappa shape index (κ1) is 17.0. The Bertz CT molecular complexity index is 307. The number of rotatable bonds is 6. The molecule has 0 unspecified atom stereocenters. The van der Waals surface area contributed by atoms with Crippen molar-refractivity contribution in [2.24, 2.45) is 5.92 Å². The summed E-state index contributed by atoms with van der Waals surface area (Å²) < 4.78 is 4.95. The number of carbonyl (C=O) groups excluding carboxylic acids is 2. The first-order valence-electron chi connectivity index (χ1n) is 7.99. The van der Waals surface area contributed by atoms with Crippen molar-refractivity contribution >= 4 is 11.9 Å². The van der Waals surface area contributed by atoms with Crippen molar-refractivity contribution in [1.82, 2.24) is 4.90 Å². The Balaban J connectivity index is 2.52. The number of amides is 1. The standard InChI is InChI=1S/C16H29NO3/c1-4-20-16(19)12-17(13(2)3)15(18)11-14-9-7-5-6-8-10-14/h13-14H,4-12H2,1-3H3. The van der Waals surface area contributed by atoms with E-state index in [4.69, 9.17) is 4.74 Å². The van der Waals surface area contributed by atoms with Gasteiger partial charge in [0.15, 0.2) is 0 Å².